The van der Waals surface area contributed by atoms with Crippen molar-refractivity contribution < 1.29 is 18.1 Å². The summed E-state index contributed by atoms with van der Waals surface area (Å²) in [4.78, 5) is 10.1. The van der Waals surface area contributed by atoms with Crippen LogP contribution in [0.3, 0.4) is 0 Å². The molecular weight excluding hydrogens is 338 g/mol. The van der Waals surface area contributed by atoms with Gasteiger partial charge < -0.3 is 4.74 Å². The Hall–Kier alpha value is -1.15. The highest BCUT2D eigenvalue weighted by molar-refractivity contribution is 9.10. The number of hydrogen-bond acceptors (Lipinski definition) is 5. The smallest absolute Gasteiger partial charge is 0.273 e. The highest BCUT2D eigenvalue weighted by atomic mass is 79.9. The van der Waals surface area contributed by atoms with Crippen molar-refractivity contribution in [1.29, 1.82) is 0 Å². The standard InChI is InChI=1S/C11H14BrNO5S/c1-8(2)19(16,17)6-5-18-11-7-9(13(14)15)3-4-10(11)12/h3-4,7-8H,5-6H2,1-2H3. The van der Waals surface area contributed by atoms with Crippen molar-refractivity contribution >= 4 is 31.5 Å². The molecule has 0 unspecified atom stereocenters. The Balaban J connectivity index is 2.73. The van der Waals surface area contributed by atoms with E-state index >= 15 is 0 Å². The van der Waals surface area contributed by atoms with E-state index in [9.17, 15) is 18.5 Å². The van der Waals surface area contributed by atoms with Gasteiger partial charge in [0.15, 0.2) is 9.84 Å². The summed E-state index contributed by atoms with van der Waals surface area (Å²) in [6.07, 6.45) is 0. The van der Waals surface area contributed by atoms with Crippen LogP contribution in [0.25, 0.3) is 0 Å². The van der Waals surface area contributed by atoms with Crippen LogP contribution in [0.1, 0.15) is 13.8 Å². The van der Waals surface area contributed by atoms with Crippen LogP contribution in [-0.4, -0.2) is 31.0 Å². The molecule has 0 saturated heterocycles. The topological polar surface area (TPSA) is 86.5 Å². The third-order valence-corrected chi connectivity index (χ3v) is 5.30. The van der Waals surface area contributed by atoms with Gasteiger partial charge in [0, 0.05) is 6.07 Å². The zero-order chi connectivity index (χ0) is 14.6. The number of nitrogens with zero attached hydrogens (tertiary/aromatic N) is 1. The van der Waals surface area contributed by atoms with Gasteiger partial charge in [0.25, 0.3) is 5.69 Å². The molecule has 0 aliphatic carbocycles. The van der Waals surface area contributed by atoms with E-state index in [-0.39, 0.29) is 23.8 Å². The highest BCUT2D eigenvalue weighted by Crippen LogP contribution is 2.29. The fraction of sp³-hybridized carbons (Fsp3) is 0.455. The fourth-order valence-corrected chi connectivity index (χ4v) is 2.37. The first kappa shape index (κ1) is 15.9. The van der Waals surface area contributed by atoms with Crippen LogP contribution in [0.15, 0.2) is 22.7 Å². The van der Waals surface area contributed by atoms with Gasteiger partial charge in [-0.15, -0.1) is 0 Å². The predicted octanol–water partition coefficient (Wildman–Crippen LogP) is 2.56. The molecule has 1 aromatic rings. The van der Waals surface area contributed by atoms with E-state index in [0.29, 0.717) is 4.47 Å². The number of hydrogen-bond donors (Lipinski definition) is 0. The first-order valence-corrected chi connectivity index (χ1v) is 8.03. The van der Waals surface area contributed by atoms with Crippen molar-refractivity contribution in [3.05, 3.63) is 32.8 Å². The van der Waals surface area contributed by atoms with Crippen molar-refractivity contribution in [3.8, 4) is 5.75 Å². The molecular formula is C11H14BrNO5S. The maximum Gasteiger partial charge on any atom is 0.273 e. The number of sulfone groups is 1. The van der Waals surface area contributed by atoms with Crippen LogP contribution in [0, 0.1) is 10.1 Å². The lowest BCUT2D eigenvalue weighted by Gasteiger charge is -2.10. The molecule has 0 N–H and O–H groups in total. The molecule has 0 spiro atoms. The molecule has 0 atom stereocenters. The van der Waals surface area contributed by atoms with Crippen molar-refractivity contribution in [2.45, 2.75) is 19.1 Å². The number of halogens is 1. The molecule has 6 nitrogen and oxygen atoms in total. The molecule has 8 heteroatoms. The van der Waals surface area contributed by atoms with Crippen LogP contribution in [0.2, 0.25) is 0 Å². The zero-order valence-electron chi connectivity index (χ0n) is 10.5. The van der Waals surface area contributed by atoms with Gasteiger partial charge in [-0.3, -0.25) is 10.1 Å². The Morgan fingerprint density at radius 2 is 2.05 bits per heavy atom. The molecule has 0 fully saturated rings. The Morgan fingerprint density at radius 3 is 2.58 bits per heavy atom. The molecule has 0 aliphatic heterocycles. The van der Waals surface area contributed by atoms with Gasteiger partial charge in [-0.25, -0.2) is 8.42 Å². The van der Waals surface area contributed by atoms with Crippen molar-refractivity contribution in [2.75, 3.05) is 12.4 Å². The van der Waals surface area contributed by atoms with Crippen LogP contribution >= 0.6 is 15.9 Å². The van der Waals surface area contributed by atoms with E-state index in [0.717, 1.165) is 0 Å². The predicted molar refractivity (Wildman–Crippen MR) is 75.2 cm³/mol. The highest BCUT2D eigenvalue weighted by Gasteiger charge is 2.17. The number of ether oxygens (including phenoxy) is 1. The number of non-ortho nitro benzene ring substituents is 1. The lowest BCUT2D eigenvalue weighted by Crippen LogP contribution is -2.22. The average Bonchev–Trinajstić information content (AvgIpc) is 2.30. The maximum absolute atomic E-state index is 11.6. The summed E-state index contributed by atoms with van der Waals surface area (Å²) >= 11 is 3.19. The molecule has 0 aromatic heterocycles. The molecule has 0 bridgehead atoms. The quantitative estimate of drug-likeness (QED) is 0.580. The van der Waals surface area contributed by atoms with Crippen LogP contribution in [0.5, 0.6) is 5.75 Å². The lowest BCUT2D eigenvalue weighted by atomic mass is 10.3. The third kappa shape index (κ3) is 4.46. The Bertz CT molecular complexity index is 570. The molecule has 1 rings (SSSR count). The summed E-state index contributed by atoms with van der Waals surface area (Å²) in [5.74, 6) is 0.132. The first-order valence-electron chi connectivity index (χ1n) is 5.52. The van der Waals surface area contributed by atoms with E-state index < -0.39 is 20.0 Å². The summed E-state index contributed by atoms with van der Waals surface area (Å²) in [5, 5.41) is 10.2. The summed E-state index contributed by atoms with van der Waals surface area (Å²) in [7, 11) is -3.18. The van der Waals surface area contributed by atoms with Crippen LogP contribution in [0.4, 0.5) is 5.69 Å². The van der Waals surface area contributed by atoms with E-state index in [1.165, 1.54) is 18.2 Å². The van der Waals surface area contributed by atoms with Gasteiger partial charge >= 0.3 is 0 Å². The normalized spacial score (nSPS) is 11.6. The maximum atomic E-state index is 11.6. The molecule has 0 aliphatic rings. The van der Waals surface area contributed by atoms with Crippen molar-refractivity contribution in [1.82, 2.24) is 0 Å². The minimum Gasteiger partial charge on any atom is -0.491 e. The second-order valence-corrected chi connectivity index (χ2v) is 7.67. The second-order valence-electron chi connectivity index (χ2n) is 4.14. The Kier molecular flexibility index (Phi) is 5.30. The minimum atomic E-state index is -3.18. The number of rotatable bonds is 6. The molecule has 0 saturated carbocycles. The first-order chi connectivity index (χ1) is 8.74. The largest absolute Gasteiger partial charge is 0.491 e. The molecule has 0 radical (unpaired) electrons. The van der Waals surface area contributed by atoms with Crippen LogP contribution in [-0.2, 0) is 9.84 Å². The molecule has 106 valence electrons. The van der Waals surface area contributed by atoms with Gasteiger partial charge in [0.2, 0.25) is 0 Å². The molecule has 0 heterocycles. The molecule has 1 aromatic carbocycles. The minimum absolute atomic E-state index is 0.0414. The van der Waals surface area contributed by atoms with Crippen molar-refractivity contribution in [2.24, 2.45) is 0 Å². The fourth-order valence-electron chi connectivity index (χ4n) is 1.22. The van der Waals surface area contributed by atoms with Gasteiger partial charge in [-0.05, 0) is 35.8 Å². The van der Waals surface area contributed by atoms with E-state index in [4.69, 9.17) is 4.74 Å². The second kappa shape index (κ2) is 6.33. The van der Waals surface area contributed by atoms with E-state index in [1.807, 2.05) is 0 Å². The lowest BCUT2D eigenvalue weighted by molar-refractivity contribution is -0.384. The van der Waals surface area contributed by atoms with Crippen molar-refractivity contribution in [3.63, 3.8) is 0 Å². The number of benzene rings is 1. The van der Waals surface area contributed by atoms with Crippen LogP contribution < -0.4 is 4.74 Å². The number of nitro groups is 1. The van der Waals surface area contributed by atoms with Gasteiger partial charge in [-0.2, -0.15) is 0 Å². The summed E-state index contributed by atoms with van der Waals surface area (Å²) in [6.45, 7) is 3.15. The monoisotopic (exact) mass is 351 g/mol. The summed E-state index contributed by atoms with van der Waals surface area (Å²) in [5.41, 5.74) is -0.107. The Morgan fingerprint density at radius 1 is 1.42 bits per heavy atom. The SMILES string of the molecule is CC(C)S(=O)(=O)CCOc1cc([N+](=O)[O-])ccc1Br. The molecule has 19 heavy (non-hydrogen) atoms. The zero-order valence-corrected chi connectivity index (χ0v) is 12.9. The van der Waals surface area contributed by atoms with E-state index in [2.05, 4.69) is 15.9 Å². The summed E-state index contributed by atoms with van der Waals surface area (Å²) < 4.78 is 29.0. The number of nitro benzene ring substituents is 1. The third-order valence-electron chi connectivity index (χ3n) is 2.47. The molecule has 0 amide bonds. The Labute approximate surface area is 120 Å². The van der Waals surface area contributed by atoms with Gasteiger partial charge in [0.05, 0.1) is 26.5 Å². The van der Waals surface area contributed by atoms with Gasteiger partial charge in [0.1, 0.15) is 12.4 Å². The van der Waals surface area contributed by atoms with E-state index in [1.54, 1.807) is 13.8 Å². The summed E-state index contributed by atoms with van der Waals surface area (Å²) in [6, 6.07) is 4.08. The average molecular weight is 352 g/mol. The van der Waals surface area contributed by atoms with Gasteiger partial charge in [-0.1, -0.05) is 0 Å².